The smallest absolute Gasteiger partial charge is 0.347 e. The number of amides is 2. The van der Waals surface area contributed by atoms with Gasteiger partial charge in [-0.3, -0.25) is 14.9 Å². The van der Waals surface area contributed by atoms with Crippen molar-refractivity contribution in [3.05, 3.63) is 58.5 Å². The molecule has 4 rings (SSSR count). The molecule has 0 bridgehead atoms. The lowest BCUT2D eigenvalue weighted by Gasteiger charge is -2.07. The first-order valence-electron chi connectivity index (χ1n) is 9.13. The van der Waals surface area contributed by atoms with Gasteiger partial charge in [0.1, 0.15) is 11.5 Å². The maximum absolute atomic E-state index is 11.9. The maximum atomic E-state index is 11.9. The first-order chi connectivity index (χ1) is 13.6. The summed E-state index contributed by atoms with van der Waals surface area (Å²) in [5.74, 6) is -5.80. The highest BCUT2D eigenvalue weighted by Gasteiger charge is 2.30. The molecule has 0 saturated heterocycles. The number of esters is 2. The van der Waals surface area contributed by atoms with Crippen LogP contribution >= 0.6 is 0 Å². The zero-order valence-corrected chi connectivity index (χ0v) is 10.9. The third-order valence-corrected chi connectivity index (χ3v) is 3.06. The molecule has 2 heterocycles. The minimum Gasteiger partial charge on any atom is -0.457 e. The highest BCUT2D eigenvalue weighted by molar-refractivity contribution is 6.21. The number of cyclic esters (lactones) is 2. The molecule has 0 saturated carbocycles. The highest BCUT2D eigenvalue weighted by atomic mass is 16.6. The van der Waals surface area contributed by atoms with E-state index in [0.717, 1.165) is 0 Å². The Hall–Kier alpha value is -3.48. The number of ether oxygens (including phenoxy) is 2. The van der Waals surface area contributed by atoms with E-state index in [4.69, 9.17) is 13.0 Å². The van der Waals surface area contributed by atoms with Crippen LogP contribution < -0.4 is 10.1 Å². The van der Waals surface area contributed by atoms with Crippen molar-refractivity contribution in [1.29, 1.82) is 0 Å². The van der Waals surface area contributed by atoms with Gasteiger partial charge < -0.3 is 9.47 Å². The Balaban J connectivity index is 1.96. The van der Waals surface area contributed by atoms with Gasteiger partial charge >= 0.3 is 11.9 Å². The van der Waals surface area contributed by atoms with Gasteiger partial charge in [0.05, 0.1) is 30.5 Å². The SMILES string of the molecule is [2H]c1c([2H])c2c(c([2H])c1Oc1c([2H])c([2H])c3c(c1[2H])C(=O)OC3=O)C(=O)NC2=O. The number of imide groups is 1. The molecule has 2 aliphatic rings. The summed E-state index contributed by atoms with van der Waals surface area (Å²) in [6.45, 7) is 0. The summed E-state index contributed by atoms with van der Waals surface area (Å²) in [6.07, 6.45) is 0. The molecule has 7 nitrogen and oxygen atoms in total. The first-order valence-corrected chi connectivity index (χ1v) is 6.13. The van der Waals surface area contributed by atoms with Crippen LogP contribution in [-0.4, -0.2) is 23.8 Å². The zero-order valence-electron chi connectivity index (χ0n) is 16.9. The average molecular weight is 315 g/mol. The van der Waals surface area contributed by atoms with Gasteiger partial charge in [-0.15, -0.1) is 0 Å². The molecule has 2 amide bonds. The van der Waals surface area contributed by atoms with Crippen molar-refractivity contribution in [1.82, 2.24) is 5.32 Å². The minimum atomic E-state index is -1.22. The largest absolute Gasteiger partial charge is 0.457 e. The fourth-order valence-electron chi connectivity index (χ4n) is 2.04. The molecule has 0 unspecified atom stereocenters. The summed E-state index contributed by atoms with van der Waals surface area (Å²) in [7, 11) is 0. The zero-order chi connectivity index (χ0) is 21.4. The first kappa shape index (κ1) is 8.23. The number of rotatable bonds is 2. The van der Waals surface area contributed by atoms with E-state index < -0.39 is 93.8 Å². The Bertz CT molecular complexity index is 1130. The van der Waals surface area contributed by atoms with Crippen LogP contribution in [-0.2, 0) is 4.74 Å². The van der Waals surface area contributed by atoms with Crippen LogP contribution in [0.25, 0.3) is 0 Å². The topological polar surface area (TPSA) is 98.8 Å². The normalized spacial score (nSPS) is 18.8. The predicted molar refractivity (Wildman–Crippen MR) is 74.5 cm³/mol. The van der Waals surface area contributed by atoms with Crippen molar-refractivity contribution in [3.63, 3.8) is 0 Å². The van der Waals surface area contributed by atoms with E-state index in [1.807, 2.05) is 5.32 Å². The molecular weight excluding hydrogens is 302 g/mol. The van der Waals surface area contributed by atoms with Gasteiger partial charge in [-0.1, -0.05) is 0 Å². The summed E-state index contributed by atoms with van der Waals surface area (Å²) < 4.78 is 57.6. The van der Waals surface area contributed by atoms with E-state index in [1.165, 1.54) is 0 Å². The van der Waals surface area contributed by atoms with Gasteiger partial charge in [-0.25, -0.2) is 9.59 Å². The number of benzene rings is 2. The number of hydrogen-bond acceptors (Lipinski definition) is 6. The number of hydrogen-bond donors (Lipinski definition) is 1. The summed E-state index contributed by atoms with van der Waals surface area (Å²) in [5, 5.41) is 1.90. The molecular formula is C16H7NO6. The third kappa shape index (κ3) is 1.98. The molecule has 1 N–H and O–H groups in total. The quantitative estimate of drug-likeness (QED) is 0.514. The van der Waals surface area contributed by atoms with Gasteiger partial charge in [0.25, 0.3) is 11.8 Å². The van der Waals surface area contributed by atoms with Crippen molar-refractivity contribution >= 4 is 23.8 Å². The summed E-state index contributed by atoms with van der Waals surface area (Å²) in [6, 6.07) is -4.58. The number of nitrogens with one attached hydrogen (secondary N) is 1. The Labute approximate surface area is 137 Å². The van der Waals surface area contributed by atoms with E-state index >= 15 is 0 Å². The maximum Gasteiger partial charge on any atom is 0.347 e. The number of fused-ring (bicyclic) bond motifs is 2. The second-order valence-electron chi connectivity index (χ2n) is 4.47. The Morgan fingerprint density at radius 2 is 1.35 bits per heavy atom. The molecule has 112 valence electrons. The molecule has 0 spiro atoms. The van der Waals surface area contributed by atoms with Gasteiger partial charge in [-0.05, 0) is 36.3 Å². The third-order valence-electron chi connectivity index (χ3n) is 3.06. The van der Waals surface area contributed by atoms with E-state index in [2.05, 4.69) is 4.74 Å². The summed E-state index contributed by atoms with van der Waals surface area (Å²) >= 11 is 0. The Kier molecular flexibility index (Phi) is 1.61. The molecule has 2 aromatic rings. The molecule has 23 heavy (non-hydrogen) atoms. The molecule has 0 aromatic heterocycles. The standard InChI is InChI=1S/C16H7NO6/c18-13-9-3-1-7(5-11(9)14(19)17-13)22-8-2-4-10-12(6-8)16(21)23-15(10)20/h1-6H,(H,17,18,19)/i1D,2D,3D,4D,5D,6D. The van der Waals surface area contributed by atoms with Crippen molar-refractivity contribution < 1.29 is 36.9 Å². The van der Waals surface area contributed by atoms with Crippen molar-refractivity contribution in [2.24, 2.45) is 0 Å². The van der Waals surface area contributed by atoms with Crippen LogP contribution in [0.4, 0.5) is 0 Å². The van der Waals surface area contributed by atoms with Crippen LogP contribution in [0, 0.1) is 0 Å². The van der Waals surface area contributed by atoms with Gasteiger partial charge in [0.15, 0.2) is 0 Å². The fourth-order valence-corrected chi connectivity index (χ4v) is 2.04. The predicted octanol–water partition coefficient (Wildman–Crippen LogP) is 1.67. The van der Waals surface area contributed by atoms with E-state index in [9.17, 15) is 19.2 Å². The van der Waals surface area contributed by atoms with E-state index in [1.54, 1.807) is 0 Å². The van der Waals surface area contributed by atoms with Crippen LogP contribution in [0.5, 0.6) is 11.5 Å². The van der Waals surface area contributed by atoms with Crippen LogP contribution in [0.2, 0.25) is 0 Å². The molecule has 2 aliphatic heterocycles. The van der Waals surface area contributed by atoms with Crippen molar-refractivity contribution in [2.45, 2.75) is 0 Å². The number of carbonyl (C=O) groups is 4. The summed E-state index contributed by atoms with van der Waals surface area (Å²) in [4.78, 5) is 47.2. The number of carbonyl (C=O) groups excluding carboxylic acids is 4. The lowest BCUT2D eigenvalue weighted by molar-refractivity contribution is 0.0443. The van der Waals surface area contributed by atoms with Gasteiger partial charge in [-0.2, -0.15) is 0 Å². The second kappa shape index (κ2) is 4.51. The van der Waals surface area contributed by atoms with E-state index in [-0.39, 0.29) is 0 Å². The molecule has 0 aliphatic carbocycles. The van der Waals surface area contributed by atoms with Crippen LogP contribution in [0.1, 0.15) is 49.7 Å². The molecule has 7 heteroatoms. The molecule has 0 atom stereocenters. The molecule has 2 aromatic carbocycles. The monoisotopic (exact) mass is 315 g/mol. The average Bonchev–Trinajstić information content (AvgIpc) is 3.12. The lowest BCUT2D eigenvalue weighted by atomic mass is 10.1. The Morgan fingerprint density at radius 1 is 0.783 bits per heavy atom. The fraction of sp³-hybridized carbons (Fsp3) is 0. The van der Waals surface area contributed by atoms with Gasteiger partial charge in [0.2, 0.25) is 0 Å². The van der Waals surface area contributed by atoms with Crippen LogP contribution in [0.3, 0.4) is 0 Å². The Morgan fingerprint density at radius 3 is 2.09 bits per heavy atom. The summed E-state index contributed by atoms with van der Waals surface area (Å²) in [5.41, 5.74) is -2.16. The lowest BCUT2D eigenvalue weighted by Crippen LogP contribution is -2.19. The van der Waals surface area contributed by atoms with Gasteiger partial charge in [0, 0.05) is 0 Å². The van der Waals surface area contributed by atoms with Crippen LogP contribution in [0.15, 0.2) is 36.3 Å². The second-order valence-corrected chi connectivity index (χ2v) is 4.47. The van der Waals surface area contributed by atoms with E-state index in [0.29, 0.717) is 0 Å². The highest BCUT2D eigenvalue weighted by Crippen LogP contribution is 2.29. The van der Waals surface area contributed by atoms with Crippen molar-refractivity contribution in [2.75, 3.05) is 0 Å². The van der Waals surface area contributed by atoms with Crippen molar-refractivity contribution in [3.8, 4) is 11.5 Å². The minimum absolute atomic E-state index is 0.473. The molecule has 0 radical (unpaired) electrons. The molecule has 0 fully saturated rings.